The molecule has 0 amide bonds. The molecule has 1 aliphatic heterocycles. The number of hydrogen-bond acceptors (Lipinski definition) is 3. The Morgan fingerprint density at radius 2 is 2.40 bits per heavy atom. The quantitative estimate of drug-likeness (QED) is 0.797. The molecule has 1 atom stereocenters. The number of fused-ring (bicyclic) bond motifs is 1. The van der Waals surface area contributed by atoms with Crippen LogP contribution in [0.15, 0.2) is 18.2 Å². The Bertz CT molecular complexity index is 395. The van der Waals surface area contributed by atoms with E-state index in [9.17, 15) is 0 Å². The summed E-state index contributed by atoms with van der Waals surface area (Å²) in [5.41, 5.74) is 8.12. The molecule has 1 heterocycles. The van der Waals surface area contributed by atoms with Crippen molar-refractivity contribution in [3.63, 3.8) is 0 Å². The fraction of sp³-hybridized carbons (Fsp3) is 0.417. The molecule has 0 saturated heterocycles. The molecular weight excluding hydrogens is 188 g/mol. The Morgan fingerprint density at radius 1 is 1.53 bits per heavy atom. The molecule has 78 valence electrons. The molecular formula is C12H14N2O. The van der Waals surface area contributed by atoms with Crippen molar-refractivity contribution in [2.24, 2.45) is 5.73 Å². The number of nitriles is 1. The Kier molecular flexibility index (Phi) is 2.89. The fourth-order valence-electron chi connectivity index (χ4n) is 1.83. The van der Waals surface area contributed by atoms with Gasteiger partial charge in [-0.15, -0.1) is 0 Å². The third kappa shape index (κ3) is 2.11. The first-order valence-electron chi connectivity index (χ1n) is 5.19. The van der Waals surface area contributed by atoms with Gasteiger partial charge in [-0.1, -0.05) is 12.1 Å². The maximum atomic E-state index is 8.58. The lowest BCUT2D eigenvalue weighted by atomic mass is 9.98. The zero-order valence-corrected chi connectivity index (χ0v) is 8.57. The van der Waals surface area contributed by atoms with Crippen LogP contribution in [-0.4, -0.2) is 6.61 Å². The van der Waals surface area contributed by atoms with Crippen molar-refractivity contribution in [1.29, 1.82) is 5.26 Å². The van der Waals surface area contributed by atoms with E-state index in [4.69, 9.17) is 15.7 Å². The van der Waals surface area contributed by atoms with Crippen LogP contribution in [0.4, 0.5) is 0 Å². The Balaban J connectivity index is 2.24. The number of aryl methyl sites for hydroxylation is 1. The molecule has 0 spiro atoms. The van der Waals surface area contributed by atoms with E-state index in [2.05, 4.69) is 12.1 Å². The normalized spacial score (nSPS) is 16.0. The molecule has 0 saturated carbocycles. The van der Waals surface area contributed by atoms with Gasteiger partial charge in [0.15, 0.2) is 0 Å². The van der Waals surface area contributed by atoms with Crippen LogP contribution >= 0.6 is 0 Å². The van der Waals surface area contributed by atoms with Crippen molar-refractivity contribution in [2.75, 3.05) is 6.61 Å². The summed E-state index contributed by atoms with van der Waals surface area (Å²) in [6.45, 7) is 0.802. The minimum Gasteiger partial charge on any atom is -0.493 e. The van der Waals surface area contributed by atoms with E-state index in [0.717, 1.165) is 30.8 Å². The van der Waals surface area contributed by atoms with Crippen molar-refractivity contribution < 1.29 is 4.74 Å². The number of hydrogen-bond donors (Lipinski definition) is 1. The highest BCUT2D eigenvalue weighted by Crippen LogP contribution is 2.27. The molecule has 15 heavy (non-hydrogen) atoms. The summed E-state index contributed by atoms with van der Waals surface area (Å²) in [5.74, 6) is 0.967. The van der Waals surface area contributed by atoms with Gasteiger partial charge in [-0.05, 0) is 30.0 Å². The van der Waals surface area contributed by atoms with Crippen LogP contribution in [0, 0.1) is 11.3 Å². The fourth-order valence-corrected chi connectivity index (χ4v) is 1.83. The van der Waals surface area contributed by atoms with Crippen LogP contribution in [0.25, 0.3) is 0 Å². The van der Waals surface area contributed by atoms with Crippen molar-refractivity contribution in [2.45, 2.75) is 25.3 Å². The van der Waals surface area contributed by atoms with Crippen LogP contribution in [0.5, 0.6) is 5.75 Å². The third-order valence-corrected chi connectivity index (χ3v) is 2.67. The Morgan fingerprint density at radius 3 is 3.20 bits per heavy atom. The summed E-state index contributed by atoms with van der Waals surface area (Å²) in [4.78, 5) is 0. The molecule has 0 aliphatic carbocycles. The van der Waals surface area contributed by atoms with Gasteiger partial charge in [-0.3, -0.25) is 0 Å². The summed E-state index contributed by atoms with van der Waals surface area (Å²) in [7, 11) is 0. The van der Waals surface area contributed by atoms with Gasteiger partial charge in [-0.2, -0.15) is 5.26 Å². The molecule has 1 aromatic rings. The zero-order valence-electron chi connectivity index (χ0n) is 8.57. The number of nitrogens with zero attached hydrogens (tertiary/aromatic N) is 1. The molecule has 2 N–H and O–H groups in total. The van der Waals surface area contributed by atoms with E-state index in [1.165, 1.54) is 5.56 Å². The lowest BCUT2D eigenvalue weighted by Crippen LogP contribution is -2.12. The second kappa shape index (κ2) is 4.33. The van der Waals surface area contributed by atoms with E-state index in [0.29, 0.717) is 6.42 Å². The van der Waals surface area contributed by atoms with Gasteiger partial charge in [0.2, 0.25) is 0 Å². The Labute approximate surface area is 89.5 Å². The van der Waals surface area contributed by atoms with Gasteiger partial charge in [-0.25, -0.2) is 0 Å². The predicted octanol–water partition coefficient (Wildman–Crippen LogP) is 1.93. The van der Waals surface area contributed by atoms with E-state index < -0.39 is 0 Å². The average molecular weight is 202 g/mol. The van der Waals surface area contributed by atoms with Crippen molar-refractivity contribution in [3.05, 3.63) is 29.3 Å². The highest BCUT2D eigenvalue weighted by molar-refractivity contribution is 5.39. The first kappa shape index (κ1) is 10.0. The van der Waals surface area contributed by atoms with Gasteiger partial charge < -0.3 is 10.5 Å². The summed E-state index contributed by atoms with van der Waals surface area (Å²) in [6.07, 6.45) is 2.46. The maximum Gasteiger partial charge on any atom is 0.122 e. The number of ether oxygens (including phenoxy) is 1. The smallest absolute Gasteiger partial charge is 0.122 e. The molecule has 1 unspecified atom stereocenters. The van der Waals surface area contributed by atoms with Crippen molar-refractivity contribution in [1.82, 2.24) is 0 Å². The standard InChI is InChI=1S/C12H14N2O/c13-6-5-11(14)9-3-4-12-10(8-9)2-1-7-15-12/h3-4,8,11H,1-2,5,7,14H2. The topological polar surface area (TPSA) is 59.0 Å². The van der Waals surface area contributed by atoms with E-state index in [-0.39, 0.29) is 6.04 Å². The van der Waals surface area contributed by atoms with Gasteiger partial charge >= 0.3 is 0 Å². The van der Waals surface area contributed by atoms with Gasteiger partial charge in [0.25, 0.3) is 0 Å². The molecule has 0 aromatic heterocycles. The molecule has 3 heteroatoms. The second-order valence-electron chi connectivity index (χ2n) is 3.79. The van der Waals surface area contributed by atoms with Crippen LogP contribution in [0.2, 0.25) is 0 Å². The lowest BCUT2D eigenvalue weighted by molar-refractivity contribution is 0.288. The molecule has 1 aliphatic rings. The highest BCUT2D eigenvalue weighted by atomic mass is 16.5. The summed E-state index contributed by atoms with van der Waals surface area (Å²) in [5, 5.41) is 8.58. The average Bonchev–Trinajstić information content (AvgIpc) is 2.29. The number of rotatable bonds is 2. The monoisotopic (exact) mass is 202 g/mol. The summed E-state index contributed by atoms with van der Waals surface area (Å²) in [6, 6.07) is 7.89. The van der Waals surface area contributed by atoms with Crippen molar-refractivity contribution in [3.8, 4) is 11.8 Å². The highest BCUT2D eigenvalue weighted by Gasteiger charge is 2.13. The largest absolute Gasteiger partial charge is 0.493 e. The van der Waals surface area contributed by atoms with Crippen molar-refractivity contribution >= 4 is 0 Å². The van der Waals surface area contributed by atoms with E-state index in [1.807, 2.05) is 12.1 Å². The summed E-state index contributed by atoms with van der Waals surface area (Å²) < 4.78 is 5.51. The molecule has 1 aromatic carbocycles. The maximum absolute atomic E-state index is 8.58. The first-order chi connectivity index (χ1) is 7.31. The zero-order chi connectivity index (χ0) is 10.7. The van der Waals surface area contributed by atoms with Crippen LogP contribution in [0.3, 0.4) is 0 Å². The third-order valence-electron chi connectivity index (χ3n) is 2.67. The predicted molar refractivity (Wildman–Crippen MR) is 57.4 cm³/mol. The van der Waals surface area contributed by atoms with Crippen LogP contribution < -0.4 is 10.5 Å². The lowest BCUT2D eigenvalue weighted by Gasteiger charge is -2.19. The molecule has 0 fully saturated rings. The minimum absolute atomic E-state index is 0.178. The van der Waals surface area contributed by atoms with Gasteiger partial charge in [0.05, 0.1) is 19.1 Å². The minimum atomic E-state index is -0.178. The van der Waals surface area contributed by atoms with Gasteiger partial charge in [0, 0.05) is 6.04 Å². The van der Waals surface area contributed by atoms with Gasteiger partial charge in [0.1, 0.15) is 5.75 Å². The van der Waals surface area contributed by atoms with E-state index >= 15 is 0 Å². The number of benzene rings is 1. The second-order valence-corrected chi connectivity index (χ2v) is 3.79. The van der Waals surface area contributed by atoms with E-state index in [1.54, 1.807) is 0 Å². The van der Waals surface area contributed by atoms with Crippen LogP contribution in [-0.2, 0) is 6.42 Å². The van der Waals surface area contributed by atoms with Crippen LogP contribution in [0.1, 0.15) is 30.0 Å². The SMILES string of the molecule is N#CCC(N)c1ccc2c(c1)CCCO2. The molecule has 3 nitrogen and oxygen atoms in total. The first-order valence-corrected chi connectivity index (χ1v) is 5.19. The molecule has 2 rings (SSSR count). The molecule has 0 bridgehead atoms. The Hall–Kier alpha value is -1.53. The summed E-state index contributed by atoms with van der Waals surface area (Å²) >= 11 is 0. The number of nitrogens with two attached hydrogens (primary N) is 1. The molecule has 0 radical (unpaired) electrons.